The van der Waals surface area contributed by atoms with E-state index in [0.29, 0.717) is 11.1 Å². The Kier molecular flexibility index (Phi) is 2.40. The number of piperidine rings is 1. The number of halogens is 1. The van der Waals surface area contributed by atoms with Gasteiger partial charge in [-0.15, -0.1) is 0 Å². The maximum atomic E-state index is 12.7. The van der Waals surface area contributed by atoms with Crippen LogP contribution < -0.4 is 5.32 Å². The van der Waals surface area contributed by atoms with Gasteiger partial charge in [0.2, 0.25) is 0 Å². The van der Waals surface area contributed by atoms with Crippen LogP contribution >= 0.6 is 0 Å². The van der Waals surface area contributed by atoms with Crippen molar-refractivity contribution in [1.29, 1.82) is 0 Å². The minimum Gasteiger partial charge on any atom is -0.450 e. The highest BCUT2D eigenvalue weighted by molar-refractivity contribution is 5.94. The number of nitrogens with one attached hydrogen (secondary N) is 1. The first-order valence-corrected chi connectivity index (χ1v) is 5.89. The number of esters is 1. The molecule has 1 saturated heterocycles. The second-order valence-corrected chi connectivity index (χ2v) is 4.65. The minimum atomic E-state index is -0.511. The van der Waals surface area contributed by atoms with Gasteiger partial charge in [0.15, 0.2) is 0 Å². The van der Waals surface area contributed by atoms with E-state index < -0.39 is 12.3 Å². The van der Waals surface area contributed by atoms with E-state index in [-0.39, 0.29) is 5.97 Å². The molecule has 1 N–H and O–H groups in total. The molecule has 3 rings (SSSR count). The molecule has 3 nitrogen and oxygen atoms in total. The van der Waals surface area contributed by atoms with Crippen LogP contribution in [0.2, 0.25) is 0 Å². The smallest absolute Gasteiger partial charge is 0.339 e. The average molecular weight is 235 g/mol. The third-order valence-electron chi connectivity index (χ3n) is 3.65. The molecule has 2 heterocycles. The van der Waals surface area contributed by atoms with Crippen molar-refractivity contribution in [3.63, 3.8) is 0 Å². The number of carbonyl (C=O) groups excluding carboxylic acids is 1. The summed E-state index contributed by atoms with van der Waals surface area (Å²) in [6, 6.07) is 5.12. The van der Waals surface area contributed by atoms with Gasteiger partial charge in [-0.25, -0.2) is 9.18 Å². The van der Waals surface area contributed by atoms with Gasteiger partial charge in [0.25, 0.3) is 0 Å². The number of benzene rings is 1. The summed E-state index contributed by atoms with van der Waals surface area (Å²) in [6.45, 7) is 1.15. The molecule has 0 radical (unpaired) electrons. The average Bonchev–Trinajstić information content (AvgIpc) is 2.63. The molecule has 90 valence electrons. The molecule has 1 fully saturated rings. The second kappa shape index (κ2) is 3.81. The number of ether oxygens (including phenoxy) is 1. The van der Waals surface area contributed by atoms with E-state index in [0.717, 1.165) is 31.5 Å². The number of carbonyl (C=O) groups is 1. The summed E-state index contributed by atoms with van der Waals surface area (Å²) in [5.74, 6) is -0.271. The lowest BCUT2D eigenvalue weighted by Crippen LogP contribution is -2.40. The molecule has 1 spiro atoms. The molecule has 0 aromatic heterocycles. The predicted molar refractivity (Wildman–Crippen MR) is 60.5 cm³/mol. The first kappa shape index (κ1) is 10.7. The summed E-state index contributed by atoms with van der Waals surface area (Å²) in [5.41, 5.74) is 1.58. The lowest BCUT2D eigenvalue weighted by atomic mass is 9.84. The van der Waals surface area contributed by atoms with Crippen LogP contribution in [-0.2, 0) is 17.0 Å². The Morgan fingerprint density at radius 2 is 2.12 bits per heavy atom. The van der Waals surface area contributed by atoms with Gasteiger partial charge in [0.1, 0.15) is 12.3 Å². The second-order valence-electron chi connectivity index (χ2n) is 4.65. The van der Waals surface area contributed by atoms with E-state index in [1.54, 1.807) is 18.2 Å². The summed E-state index contributed by atoms with van der Waals surface area (Å²) in [7, 11) is 0. The van der Waals surface area contributed by atoms with Crippen molar-refractivity contribution in [2.45, 2.75) is 25.1 Å². The van der Waals surface area contributed by atoms with Gasteiger partial charge in [-0.05, 0) is 30.8 Å². The quantitative estimate of drug-likeness (QED) is 0.756. The van der Waals surface area contributed by atoms with E-state index in [1.807, 2.05) is 0 Å². The SMILES string of the molecule is O=C1OC2(CCNCC2)c2cc(CF)ccc21. The van der Waals surface area contributed by atoms with Crippen LogP contribution in [0, 0.1) is 0 Å². The molecular weight excluding hydrogens is 221 g/mol. The van der Waals surface area contributed by atoms with Gasteiger partial charge in [-0.1, -0.05) is 6.07 Å². The summed E-state index contributed by atoms with van der Waals surface area (Å²) in [5, 5.41) is 3.24. The molecule has 0 saturated carbocycles. The molecule has 4 heteroatoms. The van der Waals surface area contributed by atoms with Crippen molar-refractivity contribution in [1.82, 2.24) is 5.32 Å². The van der Waals surface area contributed by atoms with E-state index in [4.69, 9.17) is 4.74 Å². The van der Waals surface area contributed by atoms with Crippen molar-refractivity contribution in [2.75, 3.05) is 13.1 Å². The van der Waals surface area contributed by atoms with Crippen molar-refractivity contribution in [3.05, 3.63) is 34.9 Å². The third-order valence-corrected chi connectivity index (χ3v) is 3.65. The molecule has 17 heavy (non-hydrogen) atoms. The highest BCUT2D eigenvalue weighted by Crippen LogP contribution is 2.43. The van der Waals surface area contributed by atoms with Crippen molar-refractivity contribution < 1.29 is 13.9 Å². The number of alkyl halides is 1. The van der Waals surface area contributed by atoms with E-state index in [2.05, 4.69) is 5.32 Å². The minimum absolute atomic E-state index is 0.271. The lowest BCUT2D eigenvalue weighted by molar-refractivity contribution is -0.0242. The molecular formula is C13H14FNO2. The fraction of sp³-hybridized carbons (Fsp3) is 0.462. The Hall–Kier alpha value is -1.42. The van der Waals surface area contributed by atoms with Crippen LogP contribution in [0.3, 0.4) is 0 Å². The van der Waals surface area contributed by atoms with Crippen molar-refractivity contribution >= 4 is 5.97 Å². The van der Waals surface area contributed by atoms with Gasteiger partial charge < -0.3 is 10.1 Å². The monoisotopic (exact) mass is 235 g/mol. The molecule has 2 aliphatic heterocycles. The molecule has 0 atom stereocenters. The highest BCUT2D eigenvalue weighted by Gasteiger charge is 2.45. The standard InChI is InChI=1S/C13H14FNO2/c14-8-9-1-2-10-11(7-9)13(17-12(10)16)3-5-15-6-4-13/h1-2,7,15H,3-6,8H2. The molecule has 1 aromatic rings. The zero-order chi connectivity index (χ0) is 11.9. The van der Waals surface area contributed by atoms with Gasteiger partial charge in [0.05, 0.1) is 5.56 Å². The summed E-state index contributed by atoms with van der Waals surface area (Å²) in [6.07, 6.45) is 1.53. The molecule has 2 aliphatic rings. The first-order valence-electron chi connectivity index (χ1n) is 5.89. The number of hydrogen-bond donors (Lipinski definition) is 1. The van der Waals surface area contributed by atoms with Gasteiger partial charge in [-0.2, -0.15) is 0 Å². The fourth-order valence-corrected chi connectivity index (χ4v) is 2.72. The fourth-order valence-electron chi connectivity index (χ4n) is 2.72. The summed E-state index contributed by atoms with van der Waals surface area (Å²) < 4.78 is 18.3. The van der Waals surface area contributed by atoms with Crippen LogP contribution in [0.25, 0.3) is 0 Å². The van der Waals surface area contributed by atoms with Crippen LogP contribution in [-0.4, -0.2) is 19.1 Å². The summed E-state index contributed by atoms with van der Waals surface area (Å²) in [4.78, 5) is 11.8. The van der Waals surface area contributed by atoms with Crippen LogP contribution in [0.4, 0.5) is 4.39 Å². The highest BCUT2D eigenvalue weighted by atomic mass is 19.1. The lowest BCUT2D eigenvalue weighted by Gasteiger charge is -2.33. The Labute approximate surface area is 99.0 Å². The van der Waals surface area contributed by atoms with E-state index in [1.165, 1.54) is 0 Å². The van der Waals surface area contributed by atoms with Crippen LogP contribution in [0.15, 0.2) is 18.2 Å². The molecule has 0 amide bonds. The molecule has 0 bridgehead atoms. The van der Waals surface area contributed by atoms with Crippen molar-refractivity contribution in [3.8, 4) is 0 Å². The Balaban J connectivity index is 2.09. The Morgan fingerprint density at radius 3 is 2.82 bits per heavy atom. The normalized spacial score (nSPS) is 21.4. The Morgan fingerprint density at radius 1 is 1.35 bits per heavy atom. The zero-order valence-corrected chi connectivity index (χ0v) is 9.46. The third kappa shape index (κ3) is 1.55. The zero-order valence-electron chi connectivity index (χ0n) is 9.46. The predicted octanol–water partition coefficient (Wildman–Crippen LogP) is 1.91. The van der Waals surface area contributed by atoms with Crippen LogP contribution in [0.1, 0.15) is 34.3 Å². The number of rotatable bonds is 1. The van der Waals surface area contributed by atoms with Crippen molar-refractivity contribution in [2.24, 2.45) is 0 Å². The van der Waals surface area contributed by atoms with Gasteiger partial charge in [0, 0.05) is 18.4 Å². The van der Waals surface area contributed by atoms with E-state index >= 15 is 0 Å². The van der Waals surface area contributed by atoms with E-state index in [9.17, 15) is 9.18 Å². The van der Waals surface area contributed by atoms with Gasteiger partial charge >= 0.3 is 5.97 Å². The number of fused-ring (bicyclic) bond motifs is 2. The van der Waals surface area contributed by atoms with Gasteiger partial charge in [-0.3, -0.25) is 0 Å². The topological polar surface area (TPSA) is 38.3 Å². The maximum absolute atomic E-state index is 12.7. The largest absolute Gasteiger partial charge is 0.450 e. The molecule has 1 aromatic carbocycles. The molecule has 0 unspecified atom stereocenters. The molecule has 0 aliphatic carbocycles. The number of hydrogen-bond acceptors (Lipinski definition) is 3. The van der Waals surface area contributed by atoms with Crippen LogP contribution in [0.5, 0.6) is 0 Å². The maximum Gasteiger partial charge on any atom is 0.339 e. The Bertz CT molecular complexity index is 466. The first-order chi connectivity index (χ1) is 8.25. The summed E-state index contributed by atoms with van der Waals surface area (Å²) >= 11 is 0.